The molecule has 26 heavy (non-hydrogen) atoms. The lowest BCUT2D eigenvalue weighted by atomic mass is 9.82. The van der Waals surface area contributed by atoms with Crippen LogP contribution in [0.5, 0.6) is 0 Å². The third-order valence-corrected chi connectivity index (χ3v) is 5.77. The zero-order chi connectivity index (χ0) is 18.3. The van der Waals surface area contributed by atoms with E-state index in [1.54, 1.807) is 22.8 Å². The Kier molecular flexibility index (Phi) is 4.23. The first-order chi connectivity index (χ1) is 12.5. The monoisotopic (exact) mass is 372 g/mol. The van der Waals surface area contributed by atoms with Crippen molar-refractivity contribution in [2.24, 2.45) is 7.05 Å². The van der Waals surface area contributed by atoms with Crippen molar-refractivity contribution in [2.75, 3.05) is 13.1 Å². The number of hydrogen-bond acceptors (Lipinski definition) is 3. The van der Waals surface area contributed by atoms with Crippen molar-refractivity contribution in [3.63, 3.8) is 0 Å². The van der Waals surface area contributed by atoms with Crippen molar-refractivity contribution in [2.45, 2.75) is 30.7 Å². The molecule has 1 aromatic carbocycles. The van der Waals surface area contributed by atoms with Gasteiger partial charge in [0.05, 0.1) is 10.9 Å². The summed E-state index contributed by atoms with van der Waals surface area (Å²) in [6.07, 6.45) is 3.90. The second-order valence-corrected chi connectivity index (χ2v) is 7.64. The molecule has 2 aliphatic heterocycles. The average Bonchev–Trinajstić information content (AvgIpc) is 3.14. The molecule has 1 atom stereocenters. The number of rotatable bonds is 2. The largest absolute Gasteiger partial charge is 0.350 e. The highest BCUT2D eigenvalue weighted by Gasteiger charge is 2.46. The zero-order valence-electron chi connectivity index (χ0n) is 14.6. The Labute approximate surface area is 157 Å². The van der Waals surface area contributed by atoms with Crippen LogP contribution >= 0.6 is 11.6 Å². The van der Waals surface area contributed by atoms with E-state index in [1.807, 2.05) is 30.3 Å². The smallest absolute Gasteiger partial charge is 0.275 e. The maximum atomic E-state index is 12.7. The van der Waals surface area contributed by atoms with E-state index >= 15 is 0 Å². The average molecular weight is 373 g/mol. The minimum atomic E-state index is -0.220. The minimum Gasteiger partial charge on any atom is -0.350 e. The van der Waals surface area contributed by atoms with Gasteiger partial charge in [-0.25, -0.2) is 0 Å². The molecular formula is C19H21ClN4O2. The molecular weight excluding hydrogens is 352 g/mol. The summed E-state index contributed by atoms with van der Waals surface area (Å²) in [5, 5.41) is 7.74. The molecule has 0 unspecified atom stereocenters. The normalized spacial score (nSPS) is 21.8. The second-order valence-electron chi connectivity index (χ2n) is 7.23. The summed E-state index contributed by atoms with van der Waals surface area (Å²) in [6, 6.07) is 9.89. The van der Waals surface area contributed by atoms with Gasteiger partial charge in [-0.2, -0.15) is 5.10 Å². The van der Waals surface area contributed by atoms with Gasteiger partial charge in [-0.05, 0) is 24.8 Å². The van der Waals surface area contributed by atoms with Crippen LogP contribution in [0.1, 0.15) is 41.2 Å². The van der Waals surface area contributed by atoms with Gasteiger partial charge in [0, 0.05) is 31.9 Å². The quantitative estimate of drug-likeness (QED) is 0.879. The van der Waals surface area contributed by atoms with E-state index in [1.165, 1.54) is 0 Å². The fraction of sp³-hybridized carbons (Fsp3) is 0.421. The second kappa shape index (κ2) is 6.43. The van der Waals surface area contributed by atoms with Crippen LogP contribution in [0.4, 0.5) is 0 Å². The van der Waals surface area contributed by atoms with Gasteiger partial charge >= 0.3 is 0 Å². The van der Waals surface area contributed by atoms with Gasteiger partial charge in [-0.15, -0.1) is 0 Å². The third-order valence-electron chi connectivity index (χ3n) is 5.50. The molecule has 0 aliphatic carbocycles. The Morgan fingerprint density at radius 1 is 1.27 bits per heavy atom. The number of aromatic nitrogens is 2. The number of hydrogen-bond donors (Lipinski definition) is 1. The van der Waals surface area contributed by atoms with Crippen LogP contribution in [-0.4, -0.2) is 45.1 Å². The molecule has 1 aromatic heterocycles. The fourth-order valence-corrected chi connectivity index (χ4v) is 4.32. The summed E-state index contributed by atoms with van der Waals surface area (Å²) in [7, 11) is 1.74. The van der Waals surface area contributed by atoms with Gasteiger partial charge in [0.25, 0.3) is 5.91 Å². The topological polar surface area (TPSA) is 67.2 Å². The van der Waals surface area contributed by atoms with Crippen LogP contribution in [-0.2, 0) is 11.8 Å². The van der Waals surface area contributed by atoms with Gasteiger partial charge in [0.15, 0.2) is 5.69 Å². The number of carbonyl (C=O) groups excluding carboxylic acids is 2. The van der Waals surface area contributed by atoms with Crippen molar-refractivity contribution in [1.29, 1.82) is 0 Å². The molecule has 2 fully saturated rings. The molecule has 2 amide bonds. The number of halogens is 1. The maximum absolute atomic E-state index is 12.7. The molecule has 2 saturated heterocycles. The molecule has 1 N–H and O–H groups in total. The number of amides is 2. The van der Waals surface area contributed by atoms with Gasteiger partial charge in [-0.3, -0.25) is 14.3 Å². The highest BCUT2D eigenvalue weighted by molar-refractivity contribution is 6.33. The molecule has 7 heteroatoms. The summed E-state index contributed by atoms with van der Waals surface area (Å²) in [4.78, 5) is 27.0. The zero-order valence-corrected chi connectivity index (χ0v) is 15.4. The van der Waals surface area contributed by atoms with Crippen LogP contribution in [0.3, 0.4) is 0 Å². The number of benzene rings is 1. The van der Waals surface area contributed by atoms with Crippen molar-refractivity contribution < 1.29 is 9.59 Å². The summed E-state index contributed by atoms with van der Waals surface area (Å²) in [5.74, 6) is -0.165. The van der Waals surface area contributed by atoms with Gasteiger partial charge in [0.1, 0.15) is 0 Å². The number of piperidine rings is 1. The van der Waals surface area contributed by atoms with E-state index in [-0.39, 0.29) is 23.3 Å². The predicted molar refractivity (Wildman–Crippen MR) is 98.0 cm³/mol. The van der Waals surface area contributed by atoms with E-state index in [4.69, 9.17) is 11.6 Å². The number of likely N-dealkylation sites (tertiary alicyclic amines) is 1. The third kappa shape index (κ3) is 2.98. The lowest BCUT2D eigenvalue weighted by Gasteiger charge is -2.39. The first-order valence-corrected chi connectivity index (χ1v) is 9.21. The first kappa shape index (κ1) is 17.1. The van der Waals surface area contributed by atoms with Crippen molar-refractivity contribution >= 4 is 23.4 Å². The highest BCUT2D eigenvalue weighted by atomic mass is 35.5. The summed E-state index contributed by atoms with van der Waals surface area (Å²) in [5.41, 5.74) is 1.13. The molecule has 1 spiro atoms. The molecule has 4 rings (SSSR count). The Morgan fingerprint density at radius 2 is 1.96 bits per heavy atom. The van der Waals surface area contributed by atoms with Crippen LogP contribution in [0.15, 0.2) is 36.5 Å². The van der Waals surface area contributed by atoms with Crippen molar-refractivity contribution in [3.05, 3.63) is 52.8 Å². The summed E-state index contributed by atoms with van der Waals surface area (Å²) < 4.78 is 1.54. The van der Waals surface area contributed by atoms with Crippen LogP contribution in [0.25, 0.3) is 0 Å². The fourth-order valence-electron chi connectivity index (χ4n) is 4.06. The number of nitrogens with one attached hydrogen (secondary N) is 1. The molecule has 136 valence electrons. The number of carbonyl (C=O) groups is 2. The maximum Gasteiger partial charge on any atom is 0.275 e. The molecule has 2 aromatic rings. The van der Waals surface area contributed by atoms with E-state index in [9.17, 15) is 9.59 Å². The van der Waals surface area contributed by atoms with Gasteiger partial charge in [-0.1, -0.05) is 41.9 Å². The van der Waals surface area contributed by atoms with E-state index in [0.29, 0.717) is 23.8 Å². The van der Waals surface area contributed by atoms with Crippen molar-refractivity contribution in [3.8, 4) is 0 Å². The Morgan fingerprint density at radius 3 is 2.58 bits per heavy atom. The molecule has 3 heterocycles. The Bertz CT molecular complexity index is 840. The van der Waals surface area contributed by atoms with Crippen molar-refractivity contribution in [1.82, 2.24) is 20.0 Å². The molecule has 0 radical (unpaired) electrons. The SMILES string of the molecule is Cn1cc(Cl)c(C(=O)N2CCC3(CC2)C[C@H](c2ccccc2)C(=O)N3)n1. The molecule has 0 saturated carbocycles. The molecule has 0 bridgehead atoms. The molecule has 2 aliphatic rings. The minimum absolute atomic E-state index is 0.0868. The first-order valence-electron chi connectivity index (χ1n) is 8.83. The van der Waals surface area contributed by atoms with Gasteiger partial charge in [0.2, 0.25) is 5.91 Å². The number of aryl methyl sites for hydroxylation is 1. The van der Waals surface area contributed by atoms with Crippen LogP contribution in [0.2, 0.25) is 5.02 Å². The summed E-state index contributed by atoms with van der Waals surface area (Å²) >= 11 is 6.10. The number of nitrogens with zero attached hydrogens (tertiary/aromatic N) is 3. The Hall–Kier alpha value is -2.34. The Balaban J connectivity index is 1.44. The highest BCUT2D eigenvalue weighted by Crippen LogP contribution is 2.39. The molecule has 6 nitrogen and oxygen atoms in total. The lowest BCUT2D eigenvalue weighted by molar-refractivity contribution is -0.121. The van der Waals surface area contributed by atoms with E-state index < -0.39 is 0 Å². The van der Waals surface area contributed by atoms with Crippen LogP contribution in [0, 0.1) is 0 Å². The van der Waals surface area contributed by atoms with Crippen LogP contribution < -0.4 is 5.32 Å². The predicted octanol–water partition coefficient (Wildman–Crippen LogP) is 2.35. The van der Waals surface area contributed by atoms with E-state index in [2.05, 4.69) is 10.4 Å². The lowest BCUT2D eigenvalue weighted by Crippen LogP contribution is -2.52. The summed E-state index contributed by atoms with van der Waals surface area (Å²) in [6.45, 7) is 1.18. The standard InChI is InChI=1S/C19H21ClN4O2/c1-23-12-15(20)16(22-23)18(26)24-9-7-19(8-10-24)11-14(17(25)21-19)13-5-3-2-4-6-13/h2-6,12,14H,7-11H2,1H3,(H,21,25)/t14-/m1/s1. The van der Waals surface area contributed by atoms with E-state index in [0.717, 1.165) is 24.8 Å². The van der Waals surface area contributed by atoms with Gasteiger partial charge < -0.3 is 10.2 Å².